The van der Waals surface area contributed by atoms with Gasteiger partial charge >= 0.3 is 0 Å². The minimum Gasteiger partial charge on any atom is -0.508 e. The van der Waals surface area contributed by atoms with Gasteiger partial charge in [-0.05, 0) is 42.2 Å². The lowest BCUT2D eigenvalue weighted by atomic mass is 10.1. The smallest absolute Gasteiger partial charge is 0.187 e. The van der Waals surface area contributed by atoms with Crippen LogP contribution in [-0.2, 0) is 6.61 Å². The first-order valence-electron chi connectivity index (χ1n) is 9.01. The Morgan fingerprint density at radius 1 is 1.06 bits per heavy atom. The summed E-state index contributed by atoms with van der Waals surface area (Å²) in [7, 11) is 0. The number of hydrogen-bond donors (Lipinski definition) is 3. The molecule has 7 nitrogen and oxygen atoms in total. The molecule has 0 saturated carbocycles. The first-order valence-corrected chi connectivity index (χ1v) is 11.0. The monoisotopic (exact) mass is 474 g/mol. The number of benzene rings is 2. The van der Waals surface area contributed by atoms with Crippen LogP contribution in [0, 0.1) is 0 Å². The molecule has 4 aromatic rings. The summed E-state index contributed by atoms with van der Waals surface area (Å²) >= 11 is 14.2. The predicted octanol–water partition coefficient (Wildman–Crippen LogP) is 5.14. The van der Waals surface area contributed by atoms with Crippen LogP contribution in [-0.4, -0.2) is 41.4 Å². The molecule has 0 spiro atoms. The molecule has 2 aromatic heterocycles. The molecule has 0 bridgehead atoms. The molecular weight excluding hydrogens is 459 g/mol. The predicted molar refractivity (Wildman–Crippen MR) is 121 cm³/mol. The van der Waals surface area contributed by atoms with Gasteiger partial charge in [-0.15, -0.1) is 0 Å². The first-order chi connectivity index (χ1) is 14.9. The fourth-order valence-corrected chi connectivity index (χ4v) is 4.22. The van der Waals surface area contributed by atoms with Crippen molar-refractivity contribution < 1.29 is 15.4 Å². The highest BCUT2D eigenvalue weighted by Gasteiger charge is 2.25. The average molecular weight is 475 g/mol. The second-order valence-corrected chi connectivity index (χ2v) is 8.10. The number of nitrogens with zero attached hydrogens (tertiary/aromatic N) is 4. The van der Waals surface area contributed by atoms with Gasteiger partial charge in [-0.2, -0.15) is 4.73 Å². The molecule has 4 rings (SSSR count). The molecule has 3 N–H and O–H groups in total. The fraction of sp³-hybridized carbons (Fsp3) is 0.0952. The van der Waals surface area contributed by atoms with Crippen LogP contribution in [0.25, 0.3) is 34.0 Å². The Hall–Kier alpha value is -2.78. The van der Waals surface area contributed by atoms with Crippen molar-refractivity contribution in [2.24, 2.45) is 0 Å². The van der Waals surface area contributed by atoms with E-state index in [4.69, 9.17) is 23.2 Å². The molecule has 0 aliphatic rings. The molecule has 0 saturated heterocycles. The number of phenols is 1. The van der Waals surface area contributed by atoms with Crippen molar-refractivity contribution in [2.45, 2.75) is 11.8 Å². The summed E-state index contributed by atoms with van der Waals surface area (Å²) in [5, 5.41) is 31.5. The Bertz CT molecular complexity index is 1260. The summed E-state index contributed by atoms with van der Waals surface area (Å²) in [6.45, 7) is -0.231. The summed E-state index contributed by atoms with van der Waals surface area (Å²) in [6, 6.07) is 11.2. The van der Waals surface area contributed by atoms with Crippen LogP contribution in [0.3, 0.4) is 0 Å². The average Bonchev–Trinajstić information content (AvgIpc) is 3.10. The first kappa shape index (κ1) is 21.5. The van der Waals surface area contributed by atoms with Crippen LogP contribution in [0.2, 0.25) is 10.0 Å². The van der Waals surface area contributed by atoms with E-state index in [-0.39, 0.29) is 28.2 Å². The molecule has 0 fully saturated rings. The van der Waals surface area contributed by atoms with Gasteiger partial charge in [0.25, 0.3) is 0 Å². The molecule has 2 heterocycles. The number of halogens is 2. The second kappa shape index (κ2) is 8.76. The molecule has 0 amide bonds. The van der Waals surface area contributed by atoms with E-state index in [1.54, 1.807) is 36.5 Å². The number of aliphatic hydroxyl groups excluding tert-OH is 1. The maximum atomic E-state index is 11.1. The highest BCUT2D eigenvalue weighted by molar-refractivity contribution is 7.98. The molecule has 2 aromatic carbocycles. The van der Waals surface area contributed by atoms with Crippen molar-refractivity contribution >= 4 is 35.0 Å². The van der Waals surface area contributed by atoms with Gasteiger partial charge in [0.2, 0.25) is 0 Å². The van der Waals surface area contributed by atoms with E-state index in [0.29, 0.717) is 38.9 Å². The normalized spacial score (nSPS) is 11.1. The van der Waals surface area contributed by atoms with Crippen LogP contribution >= 0.6 is 35.0 Å². The van der Waals surface area contributed by atoms with E-state index >= 15 is 0 Å². The standard InChI is InChI=1S/C21H16Cl2N4O3S/c1-31-21-24-6-5-16(25-21)18-19(12-3-2-4-13(29)9-12)27(30)20(26-18)17-14(22)7-11(10-28)8-15(17)23/h2-9,28-30H,10H2,1H3. The summed E-state index contributed by atoms with van der Waals surface area (Å²) in [5.41, 5.74) is 2.48. The van der Waals surface area contributed by atoms with Gasteiger partial charge < -0.3 is 15.4 Å². The summed E-state index contributed by atoms with van der Waals surface area (Å²) in [6.07, 6.45) is 3.46. The Labute approximate surface area is 191 Å². The fourth-order valence-electron chi connectivity index (χ4n) is 3.17. The van der Waals surface area contributed by atoms with Gasteiger partial charge in [0.05, 0.1) is 27.9 Å². The number of imidazole rings is 1. The van der Waals surface area contributed by atoms with Crippen LogP contribution in [0.15, 0.2) is 53.8 Å². The van der Waals surface area contributed by atoms with E-state index in [2.05, 4.69) is 15.0 Å². The van der Waals surface area contributed by atoms with E-state index in [9.17, 15) is 15.4 Å². The molecule has 0 radical (unpaired) electrons. The molecule has 0 aliphatic heterocycles. The van der Waals surface area contributed by atoms with Gasteiger partial charge in [0, 0.05) is 11.8 Å². The highest BCUT2D eigenvalue weighted by atomic mass is 35.5. The highest BCUT2D eigenvalue weighted by Crippen LogP contribution is 2.40. The molecule has 10 heteroatoms. The van der Waals surface area contributed by atoms with Crippen molar-refractivity contribution in [3.05, 3.63) is 64.3 Å². The van der Waals surface area contributed by atoms with Crippen molar-refractivity contribution in [2.75, 3.05) is 6.26 Å². The maximum Gasteiger partial charge on any atom is 0.187 e. The van der Waals surface area contributed by atoms with Crippen LogP contribution in [0.1, 0.15) is 5.56 Å². The minimum atomic E-state index is -0.231. The quantitative estimate of drug-likeness (QED) is 0.209. The Balaban J connectivity index is 2.02. The number of phenolic OH excluding ortho intramolecular Hbond substituents is 1. The van der Waals surface area contributed by atoms with Crippen LogP contribution in [0.5, 0.6) is 5.75 Å². The largest absolute Gasteiger partial charge is 0.508 e. The Morgan fingerprint density at radius 3 is 2.45 bits per heavy atom. The number of rotatable bonds is 5. The van der Waals surface area contributed by atoms with E-state index in [1.807, 2.05) is 6.26 Å². The zero-order chi connectivity index (χ0) is 22.1. The topological polar surface area (TPSA) is 104 Å². The molecule has 0 atom stereocenters. The molecular formula is C21H16Cl2N4O3S. The third-order valence-electron chi connectivity index (χ3n) is 4.54. The molecule has 0 unspecified atom stereocenters. The summed E-state index contributed by atoms with van der Waals surface area (Å²) in [5.74, 6) is 0.124. The lowest BCUT2D eigenvalue weighted by molar-refractivity contribution is 0.195. The SMILES string of the molecule is CSc1nccc(-c2nc(-c3c(Cl)cc(CO)cc3Cl)n(O)c2-c2cccc(O)c2)n1. The van der Waals surface area contributed by atoms with Crippen molar-refractivity contribution in [3.8, 4) is 39.8 Å². The van der Waals surface area contributed by atoms with Gasteiger partial charge in [-0.25, -0.2) is 15.0 Å². The van der Waals surface area contributed by atoms with Gasteiger partial charge in [0.1, 0.15) is 17.1 Å². The van der Waals surface area contributed by atoms with Crippen LogP contribution < -0.4 is 0 Å². The van der Waals surface area contributed by atoms with Gasteiger partial charge in [-0.1, -0.05) is 47.1 Å². The lowest BCUT2D eigenvalue weighted by Gasteiger charge is -2.10. The third-order valence-corrected chi connectivity index (χ3v) is 5.70. The third kappa shape index (κ3) is 4.07. The minimum absolute atomic E-state index is 0.0297. The Morgan fingerprint density at radius 2 is 1.81 bits per heavy atom. The molecule has 31 heavy (non-hydrogen) atoms. The van der Waals surface area contributed by atoms with Crippen molar-refractivity contribution in [1.29, 1.82) is 0 Å². The van der Waals surface area contributed by atoms with E-state index < -0.39 is 0 Å². The van der Waals surface area contributed by atoms with E-state index in [1.165, 1.54) is 23.9 Å². The van der Waals surface area contributed by atoms with Crippen molar-refractivity contribution in [1.82, 2.24) is 19.7 Å². The Kier molecular flexibility index (Phi) is 6.06. The van der Waals surface area contributed by atoms with Gasteiger partial charge in [-0.3, -0.25) is 0 Å². The summed E-state index contributed by atoms with van der Waals surface area (Å²) in [4.78, 5) is 13.3. The number of hydrogen-bond acceptors (Lipinski definition) is 7. The van der Waals surface area contributed by atoms with Crippen LogP contribution in [0.4, 0.5) is 0 Å². The lowest BCUT2D eigenvalue weighted by Crippen LogP contribution is -1.99. The molecule has 0 aliphatic carbocycles. The summed E-state index contributed by atoms with van der Waals surface area (Å²) < 4.78 is 0.872. The second-order valence-electron chi connectivity index (χ2n) is 6.52. The zero-order valence-corrected chi connectivity index (χ0v) is 18.4. The maximum absolute atomic E-state index is 11.1. The number of aromatic hydroxyl groups is 1. The van der Waals surface area contributed by atoms with Gasteiger partial charge in [0.15, 0.2) is 11.0 Å². The number of thioether (sulfide) groups is 1. The van der Waals surface area contributed by atoms with E-state index in [0.717, 1.165) is 4.73 Å². The zero-order valence-electron chi connectivity index (χ0n) is 16.1. The molecule has 158 valence electrons. The van der Waals surface area contributed by atoms with Crippen molar-refractivity contribution in [3.63, 3.8) is 0 Å². The number of aliphatic hydroxyl groups is 1. The number of aromatic nitrogens is 4.